The van der Waals surface area contributed by atoms with Gasteiger partial charge in [-0.05, 0) is 17.7 Å². The number of hydrogen-bond donors (Lipinski definition) is 1. The van der Waals surface area contributed by atoms with Gasteiger partial charge in [0.05, 0.1) is 12.7 Å². The van der Waals surface area contributed by atoms with E-state index in [9.17, 15) is 4.79 Å². The van der Waals surface area contributed by atoms with E-state index in [-0.39, 0.29) is 5.97 Å². The maximum absolute atomic E-state index is 11.7. The lowest BCUT2D eigenvalue weighted by atomic mass is 10.0. The van der Waals surface area contributed by atoms with Crippen LogP contribution >= 0.6 is 0 Å². The maximum atomic E-state index is 11.7. The van der Waals surface area contributed by atoms with E-state index < -0.39 is 0 Å². The van der Waals surface area contributed by atoms with Crippen molar-refractivity contribution >= 4 is 16.9 Å². The van der Waals surface area contributed by atoms with Gasteiger partial charge < -0.3 is 15.0 Å². The molecular formula is C18H18N2O2. The quantitative estimate of drug-likeness (QED) is 0.752. The fraction of sp³-hybridized carbons (Fsp3) is 0.167. The zero-order chi connectivity index (χ0) is 15.5. The highest BCUT2D eigenvalue weighted by atomic mass is 16.5. The van der Waals surface area contributed by atoms with Gasteiger partial charge in [0.25, 0.3) is 0 Å². The highest BCUT2D eigenvalue weighted by molar-refractivity contribution is 6.00. The summed E-state index contributed by atoms with van der Waals surface area (Å²) in [6.07, 6.45) is 2.09. The molecule has 2 N–H and O–H groups in total. The number of carbonyl (C=O) groups excluding carboxylic acids is 1. The summed E-state index contributed by atoms with van der Waals surface area (Å²) in [6, 6.07) is 15.8. The molecule has 0 atom stereocenters. The average molecular weight is 294 g/mol. The number of nitrogens with zero attached hydrogens (tertiary/aromatic N) is 1. The molecule has 0 aliphatic carbocycles. The van der Waals surface area contributed by atoms with Gasteiger partial charge in [-0.25, -0.2) is 4.79 Å². The number of hydrogen-bond acceptors (Lipinski definition) is 3. The summed E-state index contributed by atoms with van der Waals surface area (Å²) in [5.41, 5.74) is 9.54. The van der Waals surface area contributed by atoms with Crippen LogP contribution in [0, 0.1) is 0 Å². The van der Waals surface area contributed by atoms with Crippen molar-refractivity contribution in [3.05, 3.63) is 60.3 Å². The lowest BCUT2D eigenvalue weighted by Crippen LogP contribution is -2.09. The van der Waals surface area contributed by atoms with Crippen molar-refractivity contribution in [3.63, 3.8) is 0 Å². The standard InChI is InChI=1S/C18H18N2O2/c1-22-18(21)14-7-8-15-16(13-5-3-2-4-6-13)12-20(10-9-19)17(15)11-14/h2-8,11-12H,9-10,19H2,1H3. The van der Waals surface area contributed by atoms with Crippen LogP contribution in [-0.4, -0.2) is 24.2 Å². The predicted octanol–water partition coefficient (Wildman–Crippen LogP) is 3.05. The number of esters is 1. The van der Waals surface area contributed by atoms with Crippen molar-refractivity contribution < 1.29 is 9.53 Å². The first-order valence-electron chi connectivity index (χ1n) is 7.21. The van der Waals surface area contributed by atoms with Crippen molar-refractivity contribution in [3.8, 4) is 11.1 Å². The monoisotopic (exact) mass is 294 g/mol. The van der Waals surface area contributed by atoms with Crippen molar-refractivity contribution in [2.75, 3.05) is 13.7 Å². The molecule has 3 rings (SSSR count). The summed E-state index contributed by atoms with van der Waals surface area (Å²) < 4.78 is 6.89. The van der Waals surface area contributed by atoms with Crippen molar-refractivity contribution in [1.29, 1.82) is 0 Å². The highest BCUT2D eigenvalue weighted by Crippen LogP contribution is 2.31. The van der Waals surface area contributed by atoms with E-state index in [1.54, 1.807) is 6.07 Å². The lowest BCUT2D eigenvalue weighted by Gasteiger charge is -2.04. The third kappa shape index (κ3) is 2.49. The number of ether oxygens (including phenoxy) is 1. The minimum absolute atomic E-state index is 0.330. The van der Waals surface area contributed by atoms with Gasteiger partial charge in [0, 0.05) is 35.8 Å². The summed E-state index contributed by atoms with van der Waals surface area (Å²) in [7, 11) is 1.39. The van der Waals surface area contributed by atoms with Gasteiger partial charge in [0.15, 0.2) is 0 Å². The van der Waals surface area contributed by atoms with E-state index in [1.165, 1.54) is 7.11 Å². The molecule has 0 aliphatic rings. The van der Waals surface area contributed by atoms with Crippen LogP contribution in [0.2, 0.25) is 0 Å². The largest absolute Gasteiger partial charge is 0.465 e. The SMILES string of the molecule is COC(=O)c1ccc2c(-c3ccccc3)cn(CCN)c2c1. The van der Waals surface area contributed by atoms with Gasteiger partial charge in [-0.2, -0.15) is 0 Å². The Balaban J connectivity index is 2.21. The maximum Gasteiger partial charge on any atom is 0.337 e. The van der Waals surface area contributed by atoms with Gasteiger partial charge in [-0.15, -0.1) is 0 Å². The Morgan fingerprint density at radius 1 is 1.18 bits per heavy atom. The third-order valence-corrected chi connectivity index (χ3v) is 3.76. The van der Waals surface area contributed by atoms with Crippen LogP contribution in [0.25, 0.3) is 22.0 Å². The van der Waals surface area contributed by atoms with Gasteiger partial charge in [0.1, 0.15) is 0 Å². The molecule has 0 saturated heterocycles. The summed E-state index contributed by atoms with van der Waals surface area (Å²) in [5, 5.41) is 1.10. The number of nitrogens with two attached hydrogens (primary N) is 1. The van der Waals surface area contributed by atoms with Crippen LogP contribution in [0.5, 0.6) is 0 Å². The number of aromatic nitrogens is 1. The topological polar surface area (TPSA) is 57.2 Å². The number of fused-ring (bicyclic) bond motifs is 1. The summed E-state index contributed by atoms with van der Waals surface area (Å²) in [4.78, 5) is 11.7. The Bertz CT molecular complexity index is 807. The van der Waals surface area contributed by atoms with E-state index in [0.29, 0.717) is 18.7 Å². The summed E-state index contributed by atoms with van der Waals surface area (Å²) in [6.45, 7) is 1.24. The molecule has 0 spiro atoms. The zero-order valence-corrected chi connectivity index (χ0v) is 12.5. The third-order valence-electron chi connectivity index (χ3n) is 3.76. The smallest absolute Gasteiger partial charge is 0.337 e. The summed E-state index contributed by atoms with van der Waals surface area (Å²) >= 11 is 0. The molecule has 4 heteroatoms. The predicted molar refractivity (Wildman–Crippen MR) is 87.8 cm³/mol. The summed E-state index contributed by atoms with van der Waals surface area (Å²) in [5.74, 6) is -0.330. The molecule has 0 radical (unpaired) electrons. The molecule has 0 bridgehead atoms. The van der Waals surface area contributed by atoms with Gasteiger partial charge in [-0.1, -0.05) is 36.4 Å². The fourth-order valence-corrected chi connectivity index (χ4v) is 2.71. The minimum Gasteiger partial charge on any atom is -0.465 e. The van der Waals surface area contributed by atoms with Crippen LogP contribution in [0.4, 0.5) is 0 Å². The van der Waals surface area contributed by atoms with Crippen LogP contribution in [0.1, 0.15) is 10.4 Å². The second-order valence-corrected chi connectivity index (χ2v) is 5.11. The minimum atomic E-state index is -0.330. The normalized spacial score (nSPS) is 10.8. The lowest BCUT2D eigenvalue weighted by molar-refractivity contribution is 0.0601. The van der Waals surface area contributed by atoms with E-state index in [2.05, 4.69) is 22.9 Å². The zero-order valence-electron chi connectivity index (χ0n) is 12.5. The molecule has 0 saturated carbocycles. The second-order valence-electron chi connectivity index (χ2n) is 5.11. The number of methoxy groups -OCH3 is 1. The molecule has 4 nitrogen and oxygen atoms in total. The first kappa shape index (κ1) is 14.4. The second kappa shape index (κ2) is 6.03. The number of carbonyl (C=O) groups is 1. The Hall–Kier alpha value is -2.59. The Morgan fingerprint density at radius 3 is 2.64 bits per heavy atom. The van der Waals surface area contributed by atoms with E-state index in [4.69, 9.17) is 10.5 Å². The first-order valence-corrected chi connectivity index (χ1v) is 7.21. The van der Waals surface area contributed by atoms with Crippen LogP contribution in [-0.2, 0) is 11.3 Å². The Kier molecular flexibility index (Phi) is 3.94. The van der Waals surface area contributed by atoms with Crippen molar-refractivity contribution in [2.24, 2.45) is 5.73 Å². The highest BCUT2D eigenvalue weighted by Gasteiger charge is 2.13. The van der Waals surface area contributed by atoms with Gasteiger partial charge in [-0.3, -0.25) is 0 Å². The fourth-order valence-electron chi connectivity index (χ4n) is 2.71. The van der Waals surface area contributed by atoms with Crippen molar-refractivity contribution in [1.82, 2.24) is 4.57 Å². The molecule has 3 aromatic rings. The van der Waals surface area contributed by atoms with E-state index >= 15 is 0 Å². The average Bonchev–Trinajstić information content (AvgIpc) is 2.93. The molecule has 1 heterocycles. The molecular weight excluding hydrogens is 276 g/mol. The molecule has 1 aromatic heterocycles. The molecule has 0 amide bonds. The van der Waals surface area contributed by atoms with E-state index in [0.717, 1.165) is 22.0 Å². The van der Waals surface area contributed by atoms with Crippen molar-refractivity contribution in [2.45, 2.75) is 6.54 Å². The van der Waals surface area contributed by atoms with E-state index in [1.807, 2.05) is 30.3 Å². The Morgan fingerprint density at radius 2 is 1.95 bits per heavy atom. The van der Waals surface area contributed by atoms with Crippen LogP contribution < -0.4 is 5.73 Å². The van der Waals surface area contributed by atoms with Crippen LogP contribution in [0.15, 0.2) is 54.7 Å². The molecule has 2 aromatic carbocycles. The Labute approximate surface area is 129 Å². The molecule has 22 heavy (non-hydrogen) atoms. The molecule has 0 aliphatic heterocycles. The number of rotatable bonds is 4. The van der Waals surface area contributed by atoms with Crippen LogP contribution in [0.3, 0.4) is 0 Å². The van der Waals surface area contributed by atoms with Gasteiger partial charge in [0.2, 0.25) is 0 Å². The van der Waals surface area contributed by atoms with Gasteiger partial charge >= 0.3 is 5.97 Å². The molecule has 0 fully saturated rings. The first-order chi connectivity index (χ1) is 10.7. The molecule has 0 unspecified atom stereocenters. The molecule has 112 valence electrons. The number of benzene rings is 2.